The second-order valence-electron chi connectivity index (χ2n) is 7.36. The predicted molar refractivity (Wildman–Crippen MR) is 75.5 cm³/mol. The minimum atomic E-state index is -0.927. The van der Waals surface area contributed by atoms with Crippen molar-refractivity contribution in [2.75, 3.05) is 0 Å². The summed E-state index contributed by atoms with van der Waals surface area (Å²) in [5, 5.41) is 0.852. The van der Waals surface area contributed by atoms with Crippen molar-refractivity contribution >= 4 is 8.07 Å². The number of allylic oxidation sites excluding steroid dienone is 1. The van der Waals surface area contributed by atoms with Crippen LogP contribution in [0.1, 0.15) is 45.4 Å². The molecule has 0 amide bonds. The van der Waals surface area contributed by atoms with Gasteiger partial charge in [0.2, 0.25) is 0 Å². The lowest BCUT2D eigenvalue weighted by atomic mass is 9.84. The third kappa shape index (κ3) is 2.03. The van der Waals surface area contributed by atoms with Gasteiger partial charge in [-0.2, -0.15) is 0 Å². The third-order valence-electron chi connectivity index (χ3n) is 5.34. The van der Waals surface area contributed by atoms with Crippen LogP contribution < -0.4 is 0 Å². The number of hydrogen-bond donors (Lipinski definition) is 0. The molecule has 1 heteroatoms. The first-order chi connectivity index (χ1) is 7.37. The van der Waals surface area contributed by atoms with Gasteiger partial charge in [0.25, 0.3) is 0 Å². The van der Waals surface area contributed by atoms with E-state index in [1.165, 1.54) is 31.3 Å². The third-order valence-corrected chi connectivity index (χ3v) is 9.15. The van der Waals surface area contributed by atoms with Crippen LogP contribution in [-0.4, -0.2) is 8.07 Å². The highest BCUT2D eigenvalue weighted by Gasteiger charge is 2.64. The molecule has 0 N–H and O–H groups in total. The van der Waals surface area contributed by atoms with E-state index in [4.69, 9.17) is 0 Å². The van der Waals surface area contributed by atoms with Crippen LogP contribution in [0.3, 0.4) is 0 Å². The fourth-order valence-electron chi connectivity index (χ4n) is 4.13. The summed E-state index contributed by atoms with van der Waals surface area (Å²) < 4.78 is 0. The van der Waals surface area contributed by atoms with Gasteiger partial charge in [-0.05, 0) is 49.5 Å². The standard InChI is InChI=1S/C15H28Si/c1-12(2)8-9-13-7-6-10-15(11-14(13)15)16(3,4)5/h13-14H,1,6-11H2,2-5H3. The van der Waals surface area contributed by atoms with Crippen molar-refractivity contribution in [2.24, 2.45) is 11.8 Å². The molecule has 0 radical (unpaired) electrons. The lowest BCUT2D eigenvalue weighted by Gasteiger charge is -2.37. The quantitative estimate of drug-likeness (QED) is 0.462. The topological polar surface area (TPSA) is 0 Å². The molecule has 0 saturated heterocycles. The maximum Gasteiger partial charge on any atom is 0.0509 e. The van der Waals surface area contributed by atoms with E-state index in [0.717, 1.165) is 16.9 Å². The smallest absolute Gasteiger partial charge is 0.0509 e. The zero-order chi connectivity index (χ0) is 12.0. The van der Waals surface area contributed by atoms with E-state index in [-0.39, 0.29) is 0 Å². The summed E-state index contributed by atoms with van der Waals surface area (Å²) in [6, 6.07) is 0. The SMILES string of the molecule is C=C(C)CCC1CCCC2([Si](C)(C)C)CC12. The van der Waals surface area contributed by atoms with Crippen LogP contribution in [0, 0.1) is 11.8 Å². The molecule has 0 aromatic carbocycles. The van der Waals surface area contributed by atoms with E-state index in [1.807, 2.05) is 0 Å². The molecule has 2 aliphatic carbocycles. The minimum Gasteiger partial charge on any atom is -0.100 e. The molecule has 0 aromatic heterocycles. The van der Waals surface area contributed by atoms with Gasteiger partial charge in [0, 0.05) is 0 Å². The van der Waals surface area contributed by atoms with E-state index in [1.54, 1.807) is 12.8 Å². The average molecular weight is 236 g/mol. The molecule has 0 aromatic rings. The van der Waals surface area contributed by atoms with Crippen molar-refractivity contribution in [3.8, 4) is 0 Å². The van der Waals surface area contributed by atoms with E-state index in [2.05, 4.69) is 33.1 Å². The molecule has 92 valence electrons. The predicted octanol–water partition coefficient (Wildman–Crippen LogP) is 5.24. The number of hydrogen-bond acceptors (Lipinski definition) is 0. The molecular formula is C15H28Si. The van der Waals surface area contributed by atoms with E-state index in [0.29, 0.717) is 0 Å². The molecule has 3 unspecified atom stereocenters. The van der Waals surface area contributed by atoms with Crippen molar-refractivity contribution in [2.45, 2.75) is 70.1 Å². The highest BCUT2D eigenvalue weighted by Crippen LogP contribution is 2.74. The van der Waals surface area contributed by atoms with Gasteiger partial charge in [-0.3, -0.25) is 0 Å². The summed E-state index contributed by atoms with van der Waals surface area (Å²) in [7, 11) is -0.927. The molecule has 0 aliphatic heterocycles. The molecule has 3 atom stereocenters. The molecule has 0 spiro atoms. The molecule has 16 heavy (non-hydrogen) atoms. The van der Waals surface area contributed by atoms with Gasteiger partial charge in [0.15, 0.2) is 0 Å². The van der Waals surface area contributed by atoms with Crippen molar-refractivity contribution in [3.63, 3.8) is 0 Å². The Hall–Kier alpha value is -0.0431. The number of fused-ring (bicyclic) bond motifs is 1. The van der Waals surface area contributed by atoms with Gasteiger partial charge in [-0.25, -0.2) is 0 Å². The van der Waals surface area contributed by atoms with Crippen LogP contribution >= 0.6 is 0 Å². The van der Waals surface area contributed by atoms with Crippen LogP contribution in [0.2, 0.25) is 24.7 Å². The Labute approximate surface area is 103 Å². The Balaban J connectivity index is 1.97. The van der Waals surface area contributed by atoms with Crippen LogP contribution in [0.5, 0.6) is 0 Å². The maximum absolute atomic E-state index is 4.05. The zero-order valence-electron chi connectivity index (χ0n) is 11.6. The van der Waals surface area contributed by atoms with Crippen LogP contribution in [0.25, 0.3) is 0 Å². The first-order valence-electron chi connectivity index (χ1n) is 7.01. The van der Waals surface area contributed by atoms with Crippen molar-refractivity contribution in [1.29, 1.82) is 0 Å². The molecule has 0 bridgehead atoms. The zero-order valence-corrected chi connectivity index (χ0v) is 12.6. The molecular weight excluding hydrogens is 208 g/mol. The molecule has 0 heterocycles. The summed E-state index contributed by atoms with van der Waals surface area (Å²) in [5.74, 6) is 2.14. The van der Waals surface area contributed by atoms with Crippen LogP contribution in [0.15, 0.2) is 12.2 Å². The summed E-state index contributed by atoms with van der Waals surface area (Å²) in [4.78, 5) is 0. The minimum absolute atomic E-state index is 0.852. The monoisotopic (exact) mass is 236 g/mol. The maximum atomic E-state index is 4.05. The molecule has 2 fully saturated rings. The van der Waals surface area contributed by atoms with Crippen molar-refractivity contribution in [1.82, 2.24) is 0 Å². The van der Waals surface area contributed by atoms with Crippen molar-refractivity contribution in [3.05, 3.63) is 12.2 Å². The molecule has 0 nitrogen and oxygen atoms in total. The van der Waals surface area contributed by atoms with E-state index in [9.17, 15) is 0 Å². The first-order valence-corrected chi connectivity index (χ1v) is 10.5. The summed E-state index contributed by atoms with van der Waals surface area (Å²) in [5.41, 5.74) is 1.38. The fraction of sp³-hybridized carbons (Fsp3) is 0.867. The van der Waals surface area contributed by atoms with Gasteiger partial charge in [-0.15, -0.1) is 6.58 Å². The van der Waals surface area contributed by atoms with Gasteiger partial charge in [-0.1, -0.05) is 38.1 Å². The molecule has 2 aliphatic rings. The summed E-state index contributed by atoms with van der Waals surface area (Å²) >= 11 is 0. The number of rotatable bonds is 4. The first kappa shape index (κ1) is 12.4. The normalized spacial score (nSPS) is 38.0. The Morgan fingerprint density at radius 3 is 2.62 bits per heavy atom. The lowest BCUT2D eigenvalue weighted by molar-refractivity contribution is 0.319. The molecule has 2 saturated carbocycles. The Morgan fingerprint density at radius 2 is 2.06 bits per heavy atom. The van der Waals surface area contributed by atoms with Crippen molar-refractivity contribution < 1.29 is 0 Å². The second kappa shape index (κ2) is 4.01. The molecule has 2 rings (SSSR count). The Bertz CT molecular complexity index is 286. The van der Waals surface area contributed by atoms with Gasteiger partial charge in [0.05, 0.1) is 8.07 Å². The largest absolute Gasteiger partial charge is 0.100 e. The van der Waals surface area contributed by atoms with Crippen LogP contribution in [0.4, 0.5) is 0 Å². The summed E-state index contributed by atoms with van der Waals surface area (Å²) in [6.07, 6.45) is 8.82. The van der Waals surface area contributed by atoms with Gasteiger partial charge >= 0.3 is 0 Å². The highest BCUT2D eigenvalue weighted by molar-refractivity contribution is 6.80. The highest BCUT2D eigenvalue weighted by atomic mass is 28.3. The van der Waals surface area contributed by atoms with Gasteiger partial charge in [0.1, 0.15) is 0 Å². The average Bonchev–Trinajstić information content (AvgIpc) is 2.89. The van der Waals surface area contributed by atoms with E-state index >= 15 is 0 Å². The Morgan fingerprint density at radius 1 is 1.38 bits per heavy atom. The summed E-state index contributed by atoms with van der Waals surface area (Å²) in [6.45, 7) is 14.0. The Kier molecular flexibility index (Phi) is 3.11. The van der Waals surface area contributed by atoms with Gasteiger partial charge < -0.3 is 0 Å². The fourth-order valence-corrected chi connectivity index (χ4v) is 7.24. The second-order valence-corrected chi connectivity index (χ2v) is 12.9. The lowest BCUT2D eigenvalue weighted by Crippen LogP contribution is -2.34. The van der Waals surface area contributed by atoms with E-state index < -0.39 is 8.07 Å². The van der Waals surface area contributed by atoms with Crippen LogP contribution in [-0.2, 0) is 0 Å².